The number of ether oxygens (including phenoxy) is 1. The van der Waals surface area contributed by atoms with Crippen molar-refractivity contribution in [2.75, 3.05) is 13.1 Å². The molecule has 3 unspecified atom stereocenters. The Balaban J connectivity index is 1.40. The summed E-state index contributed by atoms with van der Waals surface area (Å²) < 4.78 is 5.83. The zero-order chi connectivity index (χ0) is 20.2. The van der Waals surface area contributed by atoms with Crippen LogP contribution in [0.25, 0.3) is 0 Å². The van der Waals surface area contributed by atoms with Gasteiger partial charge in [-0.05, 0) is 38.8 Å². The predicted octanol–water partition coefficient (Wildman–Crippen LogP) is 2.87. The summed E-state index contributed by atoms with van der Waals surface area (Å²) in [6.07, 6.45) is 5.98. The van der Waals surface area contributed by atoms with E-state index < -0.39 is 0 Å². The first kappa shape index (κ1) is 19.8. The van der Waals surface area contributed by atoms with E-state index in [2.05, 4.69) is 34.7 Å². The average Bonchev–Trinajstić information content (AvgIpc) is 3.07. The maximum absolute atomic E-state index is 12.9. The van der Waals surface area contributed by atoms with Crippen LogP contribution in [0.2, 0.25) is 0 Å². The van der Waals surface area contributed by atoms with Gasteiger partial charge in [-0.2, -0.15) is 0 Å². The SMILES string of the molecule is CC1NNC(C)C1CC(=O)N1CCCC(c2cncc(Oc3ccccc3)n2)C1. The van der Waals surface area contributed by atoms with Crippen molar-refractivity contribution >= 4 is 5.91 Å². The molecule has 1 aromatic carbocycles. The Morgan fingerprint density at radius 3 is 2.69 bits per heavy atom. The van der Waals surface area contributed by atoms with Crippen LogP contribution in [0.4, 0.5) is 0 Å². The van der Waals surface area contributed by atoms with Gasteiger partial charge in [-0.25, -0.2) is 4.98 Å². The van der Waals surface area contributed by atoms with Crippen molar-refractivity contribution in [1.82, 2.24) is 25.7 Å². The number of nitrogens with zero attached hydrogens (tertiary/aromatic N) is 3. The van der Waals surface area contributed by atoms with Crippen LogP contribution in [0.15, 0.2) is 42.7 Å². The van der Waals surface area contributed by atoms with Crippen molar-refractivity contribution in [3.05, 3.63) is 48.4 Å². The molecule has 2 saturated heterocycles. The van der Waals surface area contributed by atoms with Crippen LogP contribution in [0.1, 0.15) is 44.7 Å². The highest BCUT2D eigenvalue weighted by molar-refractivity contribution is 5.76. The van der Waals surface area contributed by atoms with Crippen LogP contribution in [0.3, 0.4) is 0 Å². The number of para-hydroxylation sites is 1. The first-order chi connectivity index (χ1) is 14.1. The summed E-state index contributed by atoms with van der Waals surface area (Å²) in [5, 5.41) is 0. The fourth-order valence-electron chi connectivity index (χ4n) is 4.26. The van der Waals surface area contributed by atoms with E-state index in [-0.39, 0.29) is 11.8 Å². The number of carbonyl (C=O) groups excluding carboxylic acids is 1. The number of likely N-dealkylation sites (tertiary alicyclic amines) is 1. The van der Waals surface area contributed by atoms with Crippen LogP contribution < -0.4 is 15.6 Å². The topological polar surface area (TPSA) is 79.4 Å². The molecule has 7 nitrogen and oxygen atoms in total. The van der Waals surface area contributed by atoms with E-state index in [1.807, 2.05) is 35.2 Å². The van der Waals surface area contributed by atoms with Gasteiger partial charge in [0.25, 0.3) is 0 Å². The Kier molecular flexibility index (Phi) is 6.06. The standard InChI is InChI=1S/C22H29N5O2/c1-15-19(16(2)26-25-15)11-22(28)27-10-6-7-17(14-27)20-12-23-13-21(24-20)29-18-8-4-3-5-9-18/h3-5,8-9,12-13,15-17,19,25-26H,6-7,10-11,14H2,1-2H3. The van der Waals surface area contributed by atoms with Gasteiger partial charge < -0.3 is 9.64 Å². The first-order valence-corrected chi connectivity index (χ1v) is 10.4. The molecule has 3 atom stereocenters. The maximum Gasteiger partial charge on any atom is 0.238 e. The lowest BCUT2D eigenvalue weighted by Crippen LogP contribution is -2.41. The molecular formula is C22H29N5O2. The molecule has 7 heteroatoms. The minimum atomic E-state index is 0.189. The second-order valence-electron chi connectivity index (χ2n) is 8.11. The van der Waals surface area contributed by atoms with Crippen LogP contribution >= 0.6 is 0 Å². The van der Waals surface area contributed by atoms with Gasteiger partial charge in [-0.15, -0.1) is 0 Å². The Labute approximate surface area is 171 Å². The molecule has 2 aliphatic heterocycles. The Hall–Kier alpha value is -2.51. The summed E-state index contributed by atoms with van der Waals surface area (Å²) in [6, 6.07) is 10.2. The van der Waals surface area contributed by atoms with Gasteiger partial charge in [-0.1, -0.05) is 18.2 Å². The zero-order valence-electron chi connectivity index (χ0n) is 17.0. The number of amides is 1. The summed E-state index contributed by atoms with van der Waals surface area (Å²) in [4.78, 5) is 23.9. The third kappa shape index (κ3) is 4.74. The first-order valence-electron chi connectivity index (χ1n) is 10.4. The third-order valence-corrected chi connectivity index (χ3v) is 6.02. The van der Waals surface area contributed by atoms with Crippen LogP contribution in [-0.2, 0) is 4.79 Å². The number of benzene rings is 1. The Morgan fingerprint density at radius 1 is 1.17 bits per heavy atom. The summed E-state index contributed by atoms with van der Waals surface area (Å²) in [5.74, 6) is 1.96. The van der Waals surface area contributed by atoms with E-state index in [4.69, 9.17) is 4.74 Å². The Morgan fingerprint density at radius 2 is 1.93 bits per heavy atom. The molecule has 154 valence electrons. The number of nitrogens with one attached hydrogen (secondary N) is 2. The molecule has 2 N–H and O–H groups in total. The lowest BCUT2D eigenvalue weighted by atomic mass is 9.90. The Bertz CT molecular complexity index is 821. The molecule has 2 aliphatic rings. The molecule has 29 heavy (non-hydrogen) atoms. The van der Waals surface area contributed by atoms with E-state index in [9.17, 15) is 4.79 Å². The molecule has 1 amide bonds. The summed E-state index contributed by atoms with van der Waals surface area (Å²) in [7, 11) is 0. The summed E-state index contributed by atoms with van der Waals surface area (Å²) in [6.45, 7) is 5.76. The predicted molar refractivity (Wildman–Crippen MR) is 110 cm³/mol. The van der Waals surface area contributed by atoms with Crippen LogP contribution in [0, 0.1) is 5.92 Å². The van der Waals surface area contributed by atoms with Crippen molar-refractivity contribution < 1.29 is 9.53 Å². The molecule has 4 rings (SSSR count). The molecule has 0 aliphatic carbocycles. The van der Waals surface area contributed by atoms with E-state index in [1.54, 1.807) is 12.4 Å². The number of hydrogen-bond acceptors (Lipinski definition) is 6. The van der Waals surface area contributed by atoms with Crippen LogP contribution in [0.5, 0.6) is 11.6 Å². The van der Waals surface area contributed by atoms with Crippen molar-refractivity contribution in [2.24, 2.45) is 5.92 Å². The van der Waals surface area contributed by atoms with Gasteiger partial charge >= 0.3 is 0 Å². The number of hydrogen-bond donors (Lipinski definition) is 2. The fraction of sp³-hybridized carbons (Fsp3) is 0.500. The largest absolute Gasteiger partial charge is 0.437 e. The molecule has 2 fully saturated rings. The zero-order valence-corrected chi connectivity index (χ0v) is 17.0. The lowest BCUT2D eigenvalue weighted by Gasteiger charge is -2.33. The number of rotatable bonds is 5. The molecule has 1 aromatic heterocycles. The highest BCUT2D eigenvalue weighted by Crippen LogP contribution is 2.29. The number of aromatic nitrogens is 2. The molecule has 3 heterocycles. The second-order valence-corrected chi connectivity index (χ2v) is 8.11. The normalized spacial score (nSPS) is 27.0. The molecule has 0 bridgehead atoms. The molecule has 0 radical (unpaired) electrons. The van der Waals surface area contributed by atoms with Gasteiger partial charge in [0.15, 0.2) is 0 Å². The van der Waals surface area contributed by atoms with Crippen molar-refractivity contribution in [2.45, 2.75) is 51.1 Å². The maximum atomic E-state index is 12.9. The smallest absolute Gasteiger partial charge is 0.238 e. The van der Waals surface area contributed by atoms with E-state index >= 15 is 0 Å². The van der Waals surface area contributed by atoms with Gasteiger partial charge in [0.2, 0.25) is 11.8 Å². The monoisotopic (exact) mass is 395 g/mol. The highest BCUT2D eigenvalue weighted by Gasteiger charge is 2.34. The van der Waals surface area contributed by atoms with Crippen molar-refractivity contribution in [3.63, 3.8) is 0 Å². The minimum absolute atomic E-state index is 0.189. The van der Waals surface area contributed by atoms with Gasteiger partial charge in [0.05, 0.1) is 11.9 Å². The van der Waals surface area contributed by atoms with E-state index in [0.29, 0.717) is 36.8 Å². The fourth-order valence-corrected chi connectivity index (χ4v) is 4.26. The summed E-state index contributed by atoms with van der Waals surface area (Å²) >= 11 is 0. The lowest BCUT2D eigenvalue weighted by molar-refractivity contribution is -0.133. The molecular weight excluding hydrogens is 366 g/mol. The molecule has 0 spiro atoms. The summed E-state index contributed by atoms with van der Waals surface area (Å²) in [5.41, 5.74) is 7.36. The number of piperidine rings is 1. The number of carbonyl (C=O) groups is 1. The minimum Gasteiger partial charge on any atom is -0.437 e. The van der Waals surface area contributed by atoms with Crippen LogP contribution in [-0.4, -0.2) is 45.9 Å². The van der Waals surface area contributed by atoms with Crippen molar-refractivity contribution in [3.8, 4) is 11.6 Å². The number of hydrazine groups is 1. The molecule has 0 saturated carbocycles. The average molecular weight is 396 g/mol. The van der Waals surface area contributed by atoms with Gasteiger partial charge in [0.1, 0.15) is 5.75 Å². The van der Waals surface area contributed by atoms with Gasteiger partial charge in [-0.3, -0.25) is 20.6 Å². The van der Waals surface area contributed by atoms with E-state index in [0.717, 1.165) is 30.8 Å². The second kappa shape index (κ2) is 8.88. The van der Waals surface area contributed by atoms with Crippen molar-refractivity contribution in [1.29, 1.82) is 0 Å². The highest BCUT2D eigenvalue weighted by atomic mass is 16.5. The van der Waals surface area contributed by atoms with E-state index in [1.165, 1.54) is 0 Å². The third-order valence-electron chi connectivity index (χ3n) is 6.02. The quantitative estimate of drug-likeness (QED) is 0.810. The molecule has 2 aromatic rings. The van der Waals surface area contributed by atoms with Gasteiger partial charge in [0, 0.05) is 49.6 Å².